The van der Waals surface area contributed by atoms with Gasteiger partial charge in [0.1, 0.15) is 0 Å². The lowest BCUT2D eigenvalue weighted by atomic mass is 9.81. The second kappa shape index (κ2) is 3.98. The molecule has 0 aromatic carbocycles. The molecule has 2 aliphatic rings. The summed E-state index contributed by atoms with van der Waals surface area (Å²) in [4.78, 5) is 2.69. The highest BCUT2D eigenvalue weighted by Crippen LogP contribution is 2.62. The average Bonchev–Trinajstić information content (AvgIpc) is 2.85. The fourth-order valence-electron chi connectivity index (χ4n) is 3.38. The van der Waals surface area contributed by atoms with Crippen LogP contribution in [0.15, 0.2) is 0 Å². The molecule has 0 amide bonds. The Balaban J connectivity index is 1.86. The van der Waals surface area contributed by atoms with Crippen LogP contribution in [0.4, 0.5) is 0 Å². The van der Waals surface area contributed by atoms with Gasteiger partial charge in [-0.05, 0) is 69.7 Å². The summed E-state index contributed by atoms with van der Waals surface area (Å²) in [6, 6.07) is 0. The van der Waals surface area contributed by atoms with E-state index in [2.05, 4.69) is 46.4 Å². The maximum absolute atomic E-state index is 2.69. The Morgan fingerprint density at radius 3 is 2.24 bits per heavy atom. The number of likely N-dealkylation sites (tertiary alicyclic amines) is 1. The molecule has 1 nitrogen and oxygen atoms in total. The van der Waals surface area contributed by atoms with Crippen molar-refractivity contribution >= 4 is 0 Å². The average molecular weight is 237 g/mol. The fourth-order valence-corrected chi connectivity index (χ4v) is 3.38. The second-order valence-electron chi connectivity index (χ2n) is 8.69. The molecule has 1 heteroatoms. The highest BCUT2D eigenvalue weighted by atomic mass is 15.2. The summed E-state index contributed by atoms with van der Waals surface area (Å²) in [6.45, 7) is 16.9. The van der Waals surface area contributed by atoms with E-state index in [4.69, 9.17) is 0 Å². The van der Waals surface area contributed by atoms with Gasteiger partial charge in [0.25, 0.3) is 0 Å². The number of hydrogen-bond acceptors (Lipinski definition) is 1. The van der Waals surface area contributed by atoms with Gasteiger partial charge in [-0.25, -0.2) is 0 Å². The van der Waals surface area contributed by atoms with E-state index in [0.29, 0.717) is 11.0 Å². The highest BCUT2D eigenvalue weighted by Gasteiger charge is 2.56. The highest BCUT2D eigenvalue weighted by molar-refractivity contribution is 5.07. The predicted molar refractivity (Wildman–Crippen MR) is 75.2 cm³/mol. The summed E-state index contributed by atoms with van der Waals surface area (Å²) in [5.74, 6) is 1.01. The van der Waals surface area contributed by atoms with Gasteiger partial charge in [-0.3, -0.25) is 4.90 Å². The summed E-state index contributed by atoms with van der Waals surface area (Å²) in [5, 5.41) is 0. The van der Waals surface area contributed by atoms with Crippen molar-refractivity contribution < 1.29 is 0 Å². The Morgan fingerprint density at radius 2 is 1.76 bits per heavy atom. The lowest BCUT2D eigenvalue weighted by molar-refractivity contribution is 0.0777. The van der Waals surface area contributed by atoms with E-state index in [1.165, 1.54) is 38.8 Å². The summed E-state index contributed by atoms with van der Waals surface area (Å²) in [7, 11) is 0. The Hall–Kier alpha value is -0.0400. The molecule has 2 rings (SSSR count). The fraction of sp³-hybridized carbons (Fsp3) is 1.00. The molecule has 2 atom stereocenters. The van der Waals surface area contributed by atoms with E-state index in [9.17, 15) is 0 Å². The Kier molecular flexibility index (Phi) is 3.14. The molecule has 17 heavy (non-hydrogen) atoms. The zero-order chi connectivity index (χ0) is 12.9. The molecule has 0 radical (unpaired) electrons. The van der Waals surface area contributed by atoms with E-state index in [1.807, 2.05) is 0 Å². The van der Waals surface area contributed by atoms with Crippen LogP contribution in [0, 0.1) is 16.7 Å². The Morgan fingerprint density at radius 1 is 1.12 bits per heavy atom. The molecular weight excluding hydrogens is 206 g/mol. The van der Waals surface area contributed by atoms with Crippen molar-refractivity contribution in [1.82, 2.24) is 4.90 Å². The van der Waals surface area contributed by atoms with Crippen LogP contribution in [0.2, 0.25) is 0 Å². The first-order valence-corrected chi connectivity index (χ1v) is 7.38. The topological polar surface area (TPSA) is 3.24 Å². The van der Waals surface area contributed by atoms with Gasteiger partial charge in [-0.1, -0.05) is 20.8 Å². The molecule has 0 bridgehead atoms. The van der Waals surface area contributed by atoms with Crippen LogP contribution in [0.25, 0.3) is 0 Å². The van der Waals surface area contributed by atoms with E-state index >= 15 is 0 Å². The third-order valence-electron chi connectivity index (χ3n) is 5.00. The minimum atomic E-state index is 0.374. The smallest absolute Gasteiger partial charge is 0.0125 e. The van der Waals surface area contributed by atoms with Gasteiger partial charge in [0.05, 0.1) is 0 Å². The van der Waals surface area contributed by atoms with E-state index < -0.39 is 0 Å². The summed E-state index contributed by atoms with van der Waals surface area (Å²) in [6.07, 6.45) is 5.83. The van der Waals surface area contributed by atoms with Crippen LogP contribution < -0.4 is 0 Å². The number of nitrogens with zero attached hydrogens (tertiary/aromatic N) is 1. The number of fused-ring (bicyclic) bond motifs is 1. The van der Waals surface area contributed by atoms with E-state index in [1.54, 1.807) is 0 Å². The third-order valence-corrected chi connectivity index (χ3v) is 5.00. The number of hydrogen-bond donors (Lipinski definition) is 0. The van der Waals surface area contributed by atoms with Crippen LogP contribution in [0.5, 0.6) is 0 Å². The third kappa shape index (κ3) is 3.05. The quantitative estimate of drug-likeness (QED) is 0.691. The Labute approximate surface area is 108 Å². The first kappa shape index (κ1) is 13.4. The summed E-state index contributed by atoms with van der Waals surface area (Å²) >= 11 is 0. The molecule has 1 heterocycles. The zero-order valence-electron chi connectivity index (χ0n) is 12.8. The van der Waals surface area contributed by atoms with Gasteiger partial charge in [0.2, 0.25) is 0 Å². The van der Waals surface area contributed by atoms with Crippen LogP contribution >= 0.6 is 0 Å². The van der Waals surface area contributed by atoms with Crippen LogP contribution in [0.1, 0.15) is 67.2 Å². The molecule has 0 aromatic rings. The normalized spacial score (nSPS) is 34.6. The summed E-state index contributed by atoms with van der Waals surface area (Å²) < 4.78 is 0. The van der Waals surface area contributed by atoms with E-state index in [0.717, 1.165) is 11.3 Å². The van der Waals surface area contributed by atoms with Crippen LogP contribution in [-0.2, 0) is 0 Å². The summed E-state index contributed by atoms with van der Waals surface area (Å²) in [5.41, 5.74) is 1.65. The van der Waals surface area contributed by atoms with Crippen LogP contribution in [-0.4, -0.2) is 23.5 Å². The van der Waals surface area contributed by atoms with Crippen molar-refractivity contribution in [3.8, 4) is 0 Å². The molecule has 1 aliphatic carbocycles. The Bertz CT molecular complexity index is 281. The van der Waals surface area contributed by atoms with Gasteiger partial charge in [-0.15, -0.1) is 0 Å². The molecular formula is C16H31N. The predicted octanol–water partition coefficient (Wildman–Crippen LogP) is 4.32. The first-order chi connectivity index (χ1) is 7.62. The van der Waals surface area contributed by atoms with Gasteiger partial charge in [-0.2, -0.15) is 0 Å². The lowest BCUT2D eigenvalue weighted by Crippen LogP contribution is -2.46. The minimum absolute atomic E-state index is 0.374. The van der Waals surface area contributed by atoms with Crippen molar-refractivity contribution in [2.75, 3.05) is 13.1 Å². The molecule has 0 aromatic heterocycles. The molecule has 1 saturated carbocycles. The van der Waals surface area contributed by atoms with Gasteiger partial charge in [0, 0.05) is 12.1 Å². The second-order valence-corrected chi connectivity index (χ2v) is 8.69. The van der Waals surface area contributed by atoms with Crippen LogP contribution in [0.3, 0.4) is 0 Å². The maximum Gasteiger partial charge on any atom is 0.0125 e. The van der Waals surface area contributed by atoms with Gasteiger partial charge >= 0.3 is 0 Å². The lowest BCUT2D eigenvalue weighted by Gasteiger charge is -2.41. The van der Waals surface area contributed by atoms with Gasteiger partial charge in [0.15, 0.2) is 0 Å². The molecule has 2 fully saturated rings. The SMILES string of the molecule is CC(C)(C)CCC12CCN(C(C)(C)C)CC1C2. The molecule has 100 valence electrons. The monoisotopic (exact) mass is 237 g/mol. The molecule has 0 N–H and O–H groups in total. The maximum atomic E-state index is 2.69. The van der Waals surface area contributed by atoms with Crippen molar-refractivity contribution in [3.05, 3.63) is 0 Å². The van der Waals surface area contributed by atoms with Crippen molar-refractivity contribution in [2.45, 2.75) is 72.8 Å². The molecule has 2 unspecified atom stereocenters. The van der Waals surface area contributed by atoms with Crippen molar-refractivity contribution in [1.29, 1.82) is 0 Å². The first-order valence-electron chi connectivity index (χ1n) is 7.38. The largest absolute Gasteiger partial charge is 0.298 e. The minimum Gasteiger partial charge on any atom is -0.298 e. The standard InChI is InChI=1S/C16H31N/c1-14(2,3)7-8-16-9-10-17(15(4,5)6)12-13(16)11-16/h13H,7-12H2,1-6H3. The molecule has 1 aliphatic heterocycles. The van der Waals surface area contributed by atoms with Crippen molar-refractivity contribution in [3.63, 3.8) is 0 Å². The van der Waals surface area contributed by atoms with E-state index in [-0.39, 0.29) is 0 Å². The van der Waals surface area contributed by atoms with Crippen molar-refractivity contribution in [2.24, 2.45) is 16.7 Å². The number of piperidine rings is 1. The molecule has 0 spiro atoms. The van der Waals surface area contributed by atoms with Gasteiger partial charge < -0.3 is 0 Å². The molecule has 1 saturated heterocycles. The number of rotatable bonds is 2. The zero-order valence-corrected chi connectivity index (χ0v) is 12.8.